The topological polar surface area (TPSA) is 52.8 Å². The fraction of sp³-hybridized carbons (Fsp3) is 0.0952. The van der Waals surface area contributed by atoms with Gasteiger partial charge < -0.3 is 4.74 Å². The van der Waals surface area contributed by atoms with Crippen LogP contribution in [0.2, 0.25) is 5.02 Å². The van der Waals surface area contributed by atoms with Crippen molar-refractivity contribution in [2.45, 2.75) is 10.9 Å². The van der Waals surface area contributed by atoms with Gasteiger partial charge in [0.2, 0.25) is 0 Å². The van der Waals surface area contributed by atoms with Crippen LogP contribution in [-0.2, 0) is 5.75 Å². The number of aromatic nitrogens is 4. The summed E-state index contributed by atoms with van der Waals surface area (Å²) in [6.45, 7) is 0. The number of halogens is 1. The Morgan fingerprint density at radius 1 is 1.04 bits per heavy atom. The minimum absolute atomic E-state index is 0.728. The van der Waals surface area contributed by atoms with Crippen molar-refractivity contribution in [3.8, 4) is 22.8 Å². The van der Waals surface area contributed by atoms with Gasteiger partial charge in [-0.1, -0.05) is 35.5 Å². The van der Waals surface area contributed by atoms with Crippen LogP contribution in [-0.4, -0.2) is 26.9 Å². The second-order valence-electron chi connectivity index (χ2n) is 6.00. The lowest BCUT2D eigenvalue weighted by Crippen LogP contribution is -2.00. The van der Waals surface area contributed by atoms with Gasteiger partial charge in [-0.2, -0.15) is 0 Å². The van der Waals surface area contributed by atoms with Crippen molar-refractivity contribution in [2.24, 2.45) is 0 Å². The average molecular weight is 409 g/mol. The first-order valence-corrected chi connectivity index (χ1v) is 9.98. The van der Waals surface area contributed by atoms with Crippen molar-refractivity contribution in [2.75, 3.05) is 7.11 Å². The highest BCUT2D eigenvalue weighted by Gasteiger charge is 2.16. The Kier molecular flexibility index (Phi) is 5.60. The fourth-order valence-corrected chi connectivity index (χ4v) is 3.89. The lowest BCUT2D eigenvalue weighted by molar-refractivity contribution is 0.414. The van der Waals surface area contributed by atoms with Crippen LogP contribution in [0.25, 0.3) is 17.1 Å². The third kappa shape index (κ3) is 4.03. The number of hydrogen-bond donors (Lipinski definition) is 0. The number of rotatable bonds is 6. The molecule has 0 bridgehead atoms. The summed E-state index contributed by atoms with van der Waals surface area (Å²) in [6, 6.07) is 19.5. The maximum absolute atomic E-state index is 6.11. The number of ether oxygens (including phenoxy) is 1. The molecule has 0 aliphatic rings. The van der Waals surface area contributed by atoms with Gasteiger partial charge in [0.25, 0.3) is 0 Å². The van der Waals surface area contributed by atoms with E-state index in [1.807, 2.05) is 59.2 Å². The van der Waals surface area contributed by atoms with Crippen LogP contribution >= 0.6 is 23.4 Å². The molecule has 4 rings (SSSR count). The lowest BCUT2D eigenvalue weighted by Gasteiger charge is -2.11. The maximum atomic E-state index is 6.11. The van der Waals surface area contributed by atoms with E-state index in [1.54, 1.807) is 31.3 Å². The Labute approximate surface area is 172 Å². The first-order chi connectivity index (χ1) is 13.7. The molecule has 0 radical (unpaired) electrons. The van der Waals surface area contributed by atoms with Crippen molar-refractivity contribution >= 4 is 23.4 Å². The van der Waals surface area contributed by atoms with Gasteiger partial charge in [-0.3, -0.25) is 9.55 Å². The monoisotopic (exact) mass is 408 g/mol. The molecule has 0 amide bonds. The molecule has 140 valence electrons. The van der Waals surface area contributed by atoms with E-state index in [9.17, 15) is 0 Å². The van der Waals surface area contributed by atoms with Crippen molar-refractivity contribution < 1.29 is 4.74 Å². The average Bonchev–Trinajstić information content (AvgIpc) is 3.17. The van der Waals surface area contributed by atoms with Gasteiger partial charge in [0.15, 0.2) is 11.0 Å². The van der Waals surface area contributed by atoms with E-state index in [-0.39, 0.29) is 0 Å². The largest absolute Gasteiger partial charge is 0.497 e. The second-order valence-corrected chi connectivity index (χ2v) is 7.38. The number of nitrogens with zero attached hydrogens (tertiary/aromatic N) is 4. The van der Waals surface area contributed by atoms with Crippen molar-refractivity contribution in [1.29, 1.82) is 0 Å². The van der Waals surface area contributed by atoms with Gasteiger partial charge in [-0.05, 0) is 54.1 Å². The predicted molar refractivity (Wildman–Crippen MR) is 112 cm³/mol. The van der Waals surface area contributed by atoms with Crippen LogP contribution < -0.4 is 4.74 Å². The van der Waals surface area contributed by atoms with E-state index >= 15 is 0 Å². The molecule has 28 heavy (non-hydrogen) atoms. The molecule has 0 aliphatic heterocycles. The summed E-state index contributed by atoms with van der Waals surface area (Å²) in [7, 11) is 1.65. The number of methoxy groups -OCH3 is 1. The van der Waals surface area contributed by atoms with Crippen LogP contribution in [0.5, 0.6) is 5.75 Å². The zero-order valence-corrected chi connectivity index (χ0v) is 16.7. The summed E-state index contributed by atoms with van der Waals surface area (Å²) in [5, 5.41) is 10.4. The van der Waals surface area contributed by atoms with Gasteiger partial charge in [-0.25, -0.2) is 0 Å². The molecule has 2 heterocycles. The van der Waals surface area contributed by atoms with Gasteiger partial charge >= 0.3 is 0 Å². The minimum atomic E-state index is 0.728. The lowest BCUT2D eigenvalue weighted by atomic mass is 10.2. The number of pyridine rings is 1. The summed E-state index contributed by atoms with van der Waals surface area (Å²) in [6.07, 6.45) is 3.53. The molecule has 5 nitrogen and oxygen atoms in total. The van der Waals surface area contributed by atoms with Crippen molar-refractivity contribution in [1.82, 2.24) is 19.7 Å². The molecule has 0 saturated carbocycles. The Morgan fingerprint density at radius 2 is 1.89 bits per heavy atom. The van der Waals surface area contributed by atoms with Crippen molar-refractivity contribution in [3.63, 3.8) is 0 Å². The van der Waals surface area contributed by atoms with Gasteiger partial charge in [-0.15, -0.1) is 10.2 Å². The van der Waals surface area contributed by atoms with Gasteiger partial charge in [0, 0.05) is 34.4 Å². The normalized spacial score (nSPS) is 10.8. The molecule has 0 unspecified atom stereocenters. The summed E-state index contributed by atoms with van der Waals surface area (Å²) in [5.41, 5.74) is 2.99. The Hall–Kier alpha value is -2.83. The fourth-order valence-electron chi connectivity index (χ4n) is 2.78. The summed E-state index contributed by atoms with van der Waals surface area (Å²) in [4.78, 5) is 4.21. The smallest absolute Gasteiger partial charge is 0.196 e. The molecular formula is C21H17ClN4OS. The Balaban J connectivity index is 1.72. The van der Waals surface area contributed by atoms with E-state index in [0.717, 1.165) is 44.3 Å². The van der Waals surface area contributed by atoms with Crippen LogP contribution in [0.1, 0.15) is 5.56 Å². The zero-order chi connectivity index (χ0) is 19.3. The van der Waals surface area contributed by atoms with Gasteiger partial charge in [0.1, 0.15) is 5.75 Å². The molecule has 0 N–H and O–H groups in total. The molecule has 0 atom stereocenters. The van der Waals surface area contributed by atoms with E-state index in [1.165, 1.54) is 0 Å². The van der Waals surface area contributed by atoms with Crippen LogP contribution in [0.15, 0.2) is 78.2 Å². The van der Waals surface area contributed by atoms with E-state index in [2.05, 4.69) is 21.2 Å². The minimum Gasteiger partial charge on any atom is -0.497 e. The van der Waals surface area contributed by atoms with E-state index < -0.39 is 0 Å². The number of hydrogen-bond acceptors (Lipinski definition) is 5. The highest BCUT2D eigenvalue weighted by atomic mass is 35.5. The molecular weight excluding hydrogens is 392 g/mol. The van der Waals surface area contributed by atoms with Crippen LogP contribution in [0.3, 0.4) is 0 Å². The molecule has 2 aromatic heterocycles. The molecule has 4 aromatic rings. The SMILES string of the molecule is COc1ccc(-n2c(SCc3cccc(Cl)c3)nnc2-c2cccnc2)cc1. The van der Waals surface area contributed by atoms with Crippen LogP contribution in [0, 0.1) is 0 Å². The third-order valence-electron chi connectivity index (χ3n) is 4.14. The Bertz CT molecular complexity index is 1070. The predicted octanol–water partition coefficient (Wildman–Crippen LogP) is 5.28. The second kappa shape index (κ2) is 8.46. The number of benzene rings is 2. The molecule has 0 fully saturated rings. The number of thioether (sulfide) groups is 1. The van der Waals surface area contributed by atoms with Gasteiger partial charge in [0.05, 0.1) is 7.11 Å². The quantitative estimate of drug-likeness (QED) is 0.406. The highest BCUT2D eigenvalue weighted by Crippen LogP contribution is 2.30. The molecule has 2 aromatic carbocycles. The molecule has 0 spiro atoms. The highest BCUT2D eigenvalue weighted by molar-refractivity contribution is 7.98. The van der Waals surface area contributed by atoms with E-state index in [4.69, 9.17) is 16.3 Å². The summed E-state index contributed by atoms with van der Waals surface area (Å²) < 4.78 is 7.31. The Morgan fingerprint density at radius 3 is 2.61 bits per heavy atom. The summed E-state index contributed by atoms with van der Waals surface area (Å²) in [5.74, 6) is 2.28. The first kappa shape index (κ1) is 18.5. The third-order valence-corrected chi connectivity index (χ3v) is 5.38. The molecule has 0 aliphatic carbocycles. The van der Waals surface area contributed by atoms with E-state index in [0.29, 0.717) is 0 Å². The summed E-state index contributed by atoms with van der Waals surface area (Å²) >= 11 is 7.71. The van der Waals surface area contributed by atoms with Crippen LogP contribution in [0.4, 0.5) is 0 Å². The van der Waals surface area contributed by atoms with Crippen molar-refractivity contribution in [3.05, 3.63) is 83.6 Å². The first-order valence-electron chi connectivity index (χ1n) is 8.62. The molecule has 0 saturated heterocycles. The molecule has 7 heteroatoms. The zero-order valence-electron chi connectivity index (χ0n) is 15.1. The maximum Gasteiger partial charge on any atom is 0.196 e. The standard InChI is InChI=1S/C21H17ClN4OS/c1-27-19-9-7-18(8-10-19)26-20(16-5-3-11-23-13-16)24-25-21(26)28-14-15-4-2-6-17(22)12-15/h2-13H,14H2,1H3.